The Morgan fingerprint density at radius 2 is 1.84 bits per heavy atom. The number of hydrogen-bond donors (Lipinski definition) is 2. The minimum Gasteiger partial charge on any atom is -0.506 e. The Labute approximate surface area is 219 Å². The molecular formula is C27H25N5O4S. The van der Waals surface area contributed by atoms with E-state index in [2.05, 4.69) is 10.3 Å². The van der Waals surface area contributed by atoms with E-state index < -0.39 is 4.92 Å². The third kappa shape index (κ3) is 4.15. The van der Waals surface area contributed by atoms with Crippen LogP contribution in [-0.4, -0.2) is 31.8 Å². The van der Waals surface area contributed by atoms with Gasteiger partial charge in [0.05, 0.1) is 41.2 Å². The molecule has 0 radical (unpaired) electrons. The Balaban J connectivity index is 1.72. The lowest BCUT2D eigenvalue weighted by Crippen LogP contribution is -2.29. The molecule has 37 heavy (non-hydrogen) atoms. The van der Waals surface area contributed by atoms with Gasteiger partial charge in [-0.25, -0.2) is 0 Å². The number of phenolic OH excluding ortho intramolecular Hbond substituents is 1. The summed E-state index contributed by atoms with van der Waals surface area (Å²) in [5, 5.41) is 26.1. The van der Waals surface area contributed by atoms with Crippen molar-refractivity contribution in [1.82, 2.24) is 14.9 Å². The minimum absolute atomic E-state index is 0.0317. The molecule has 0 saturated carbocycles. The molecule has 2 aromatic carbocycles. The number of hydrogen-bond acceptors (Lipinski definition) is 6. The Morgan fingerprint density at radius 1 is 1.08 bits per heavy atom. The van der Waals surface area contributed by atoms with Crippen molar-refractivity contribution in [2.24, 2.45) is 0 Å². The number of pyridine rings is 1. The van der Waals surface area contributed by atoms with E-state index in [1.807, 2.05) is 59.7 Å². The van der Waals surface area contributed by atoms with Crippen LogP contribution in [-0.2, 0) is 0 Å². The van der Waals surface area contributed by atoms with Gasteiger partial charge in [-0.05, 0) is 68.0 Å². The first-order chi connectivity index (χ1) is 17.8. The van der Waals surface area contributed by atoms with Gasteiger partial charge in [-0.3, -0.25) is 15.1 Å². The van der Waals surface area contributed by atoms with Crippen LogP contribution in [0.4, 0.5) is 11.4 Å². The van der Waals surface area contributed by atoms with E-state index in [0.717, 1.165) is 22.6 Å². The van der Waals surface area contributed by atoms with Crippen LogP contribution in [0.5, 0.6) is 11.5 Å². The first-order valence-corrected chi connectivity index (χ1v) is 12.0. The molecule has 2 aromatic heterocycles. The largest absolute Gasteiger partial charge is 0.506 e. The van der Waals surface area contributed by atoms with E-state index >= 15 is 0 Å². The predicted molar refractivity (Wildman–Crippen MR) is 144 cm³/mol. The molecule has 0 aliphatic carbocycles. The molecule has 1 aliphatic heterocycles. The molecule has 0 spiro atoms. The number of nitrogens with zero attached hydrogens (tertiary/aromatic N) is 4. The molecule has 2 atom stereocenters. The quantitative estimate of drug-likeness (QED) is 0.203. The van der Waals surface area contributed by atoms with Crippen molar-refractivity contribution in [1.29, 1.82) is 0 Å². The molecule has 3 heterocycles. The fourth-order valence-electron chi connectivity index (χ4n) is 5.02. The van der Waals surface area contributed by atoms with E-state index in [1.54, 1.807) is 24.4 Å². The molecule has 1 aliphatic rings. The third-order valence-corrected chi connectivity index (χ3v) is 6.96. The number of anilines is 1. The van der Waals surface area contributed by atoms with E-state index in [9.17, 15) is 15.2 Å². The average Bonchev–Trinajstić information content (AvgIpc) is 3.39. The SMILES string of the molecule is COc1ccc([N+](=O)[O-])cc1-n1c(C)cc(C2C(c3ccccn3)NC(=S)N2c2ccccc2O)c1C. The number of non-ortho nitro benzene ring substituents is 1. The van der Waals surface area contributed by atoms with Crippen molar-refractivity contribution in [3.63, 3.8) is 0 Å². The maximum atomic E-state index is 11.5. The van der Waals surface area contributed by atoms with Crippen LogP contribution in [0.2, 0.25) is 0 Å². The summed E-state index contributed by atoms with van der Waals surface area (Å²) < 4.78 is 7.51. The standard InChI is InChI=1S/C27H25N5O4S/c1-16-14-19(17(2)30(16)22-15-18(32(34)35)11-12-24(22)36-3)26-25(20-8-6-7-13-28-20)29-27(37)31(26)21-9-4-5-10-23(21)33/h4-15,25-26,33H,1-3H3,(H,29,37). The van der Waals surface area contributed by atoms with Crippen molar-refractivity contribution in [2.45, 2.75) is 25.9 Å². The number of methoxy groups -OCH3 is 1. The lowest BCUT2D eigenvalue weighted by Gasteiger charge is -2.28. The maximum absolute atomic E-state index is 11.5. The zero-order valence-electron chi connectivity index (χ0n) is 20.5. The zero-order chi connectivity index (χ0) is 26.3. The van der Waals surface area contributed by atoms with Crippen LogP contribution in [0.15, 0.2) is 72.9 Å². The Bertz CT molecular complexity index is 1500. The summed E-state index contributed by atoms with van der Waals surface area (Å²) in [5.41, 5.74) is 4.55. The van der Waals surface area contributed by atoms with E-state index in [-0.39, 0.29) is 23.5 Å². The number of ether oxygens (including phenoxy) is 1. The fraction of sp³-hybridized carbons (Fsp3) is 0.185. The molecule has 9 nitrogen and oxygen atoms in total. The number of benzene rings is 2. The van der Waals surface area contributed by atoms with Gasteiger partial charge >= 0.3 is 0 Å². The van der Waals surface area contributed by atoms with Crippen LogP contribution < -0.4 is 15.0 Å². The van der Waals surface area contributed by atoms with E-state index in [4.69, 9.17) is 17.0 Å². The summed E-state index contributed by atoms with van der Waals surface area (Å²) in [6.07, 6.45) is 1.73. The molecule has 2 N–H and O–H groups in total. The van der Waals surface area contributed by atoms with Crippen molar-refractivity contribution in [2.75, 3.05) is 12.0 Å². The minimum atomic E-state index is -0.422. The van der Waals surface area contributed by atoms with Gasteiger partial charge in [0.15, 0.2) is 5.11 Å². The summed E-state index contributed by atoms with van der Waals surface area (Å²) in [5.74, 6) is 0.616. The molecule has 0 amide bonds. The second kappa shape index (κ2) is 9.55. The van der Waals surface area contributed by atoms with Gasteiger partial charge in [0.25, 0.3) is 5.69 Å². The van der Waals surface area contributed by atoms with Gasteiger partial charge in [0, 0.05) is 29.7 Å². The molecule has 4 aromatic rings. The summed E-state index contributed by atoms with van der Waals surface area (Å²) in [7, 11) is 1.54. The molecular weight excluding hydrogens is 490 g/mol. The molecule has 1 fully saturated rings. The van der Waals surface area contributed by atoms with Gasteiger partial charge in [0.1, 0.15) is 11.5 Å². The topological polar surface area (TPSA) is 106 Å². The number of thiocarbonyl (C=S) groups is 1. The van der Waals surface area contributed by atoms with Crippen LogP contribution in [0.3, 0.4) is 0 Å². The second-order valence-corrected chi connectivity index (χ2v) is 9.15. The zero-order valence-corrected chi connectivity index (χ0v) is 21.3. The molecule has 2 unspecified atom stereocenters. The number of aromatic hydroxyl groups is 1. The molecule has 1 saturated heterocycles. The summed E-state index contributed by atoms with van der Waals surface area (Å²) >= 11 is 5.77. The highest BCUT2D eigenvalue weighted by molar-refractivity contribution is 7.80. The molecule has 188 valence electrons. The van der Waals surface area contributed by atoms with Crippen LogP contribution in [0.25, 0.3) is 5.69 Å². The number of nitro groups is 1. The number of aromatic nitrogens is 2. The monoisotopic (exact) mass is 515 g/mol. The third-order valence-electron chi connectivity index (χ3n) is 6.64. The average molecular weight is 516 g/mol. The molecule has 0 bridgehead atoms. The number of phenols is 1. The predicted octanol–water partition coefficient (Wildman–Crippen LogP) is 5.29. The van der Waals surface area contributed by atoms with Gasteiger partial charge in [0.2, 0.25) is 0 Å². The lowest BCUT2D eigenvalue weighted by molar-refractivity contribution is -0.384. The lowest BCUT2D eigenvalue weighted by atomic mass is 9.96. The van der Waals surface area contributed by atoms with Crippen LogP contribution >= 0.6 is 12.2 Å². The summed E-state index contributed by atoms with van der Waals surface area (Å²) in [6, 6.07) is 18.7. The Kier molecular flexibility index (Phi) is 6.26. The number of aryl methyl sites for hydroxylation is 1. The fourth-order valence-corrected chi connectivity index (χ4v) is 5.36. The van der Waals surface area contributed by atoms with Crippen molar-refractivity contribution in [3.8, 4) is 17.2 Å². The van der Waals surface area contributed by atoms with E-state index in [1.165, 1.54) is 19.2 Å². The van der Waals surface area contributed by atoms with Gasteiger partial charge in [-0.2, -0.15) is 0 Å². The van der Waals surface area contributed by atoms with Crippen molar-refractivity contribution >= 4 is 28.7 Å². The van der Waals surface area contributed by atoms with E-state index in [0.29, 0.717) is 22.2 Å². The van der Waals surface area contributed by atoms with Gasteiger partial charge < -0.3 is 24.6 Å². The van der Waals surface area contributed by atoms with Gasteiger partial charge in [-0.1, -0.05) is 18.2 Å². The Hall–Kier alpha value is -4.44. The molecule has 5 rings (SSSR count). The summed E-state index contributed by atoms with van der Waals surface area (Å²) in [4.78, 5) is 17.6. The highest BCUT2D eigenvalue weighted by atomic mass is 32.1. The van der Waals surface area contributed by atoms with Crippen molar-refractivity contribution in [3.05, 3.63) is 106 Å². The second-order valence-electron chi connectivity index (χ2n) is 8.76. The number of nitrogens with one attached hydrogen (secondary N) is 1. The molecule has 10 heteroatoms. The smallest absolute Gasteiger partial charge is 0.271 e. The number of para-hydroxylation sites is 2. The summed E-state index contributed by atoms with van der Waals surface area (Å²) in [6.45, 7) is 3.90. The van der Waals surface area contributed by atoms with Crippen LogP contribution in [0, 0.1) is 24.0 Å². The normalized spacial score (nSPS) is 17.1. The highest BCUT2D eigenvalue weighted by Crippen LogP contribution is 2.46. The number of nitro benzene ring substituents is 1. The Morgan fingerprint density at radius 3 is 2.51 bits per heavy atom. The van der Waals surface area contributed by atoms with Gasteiger partial charge in [-0.15, -0.1) is 0 Å². The first kappa shape index (κ1) is 24.3. The maximum Gasteiger partial charge on any atom is 0.271 e. The number of rotatable bonds is 6. The van der Waals surface area contributed by atoms with Crippen molar-refractivity contribution < 1.29 is 14.8 Å². The first-order valence-electron chi connectivity index (χ1n) is 11.6. The van der Waals surface area contributed by atoms with Crippen LogP contribution in [0.1, 0.15) is 34.7 Å². The highest BCUT2D eigenvalue weighted by Gasteiger charge is 2.43.